The summed E-state index contributed by atoms with van der Waals surface area (Å²) in [5, 5.41) is 13.0. The van der Waals surface area contributed by atoms with E-state index < -0.39 is 0 Å². The molecule has 1 N–H and O–H groups in total. The van der Waals surface area contributed by atoms with Gasteiger partial charge in [0.05, 0.1) is 11.0 Å². The van der Waals surface area contributed by atoms with Crippen molar-refractivity contribution >= 4 is 17.5 Å². The van der Waals surface area contributed by atoms with Gasteiger partial charge in [-0.05, 0) is 44.7 Å². The van der Waals surface area contributed by atoms with Crippen molar-refractivity contribution in [3.05, 3.63) is 42.0 Å². The quantitative estimate of drug-likeness (QED) is 0.485. The van der Waals surface area contributed by atoms with Crippen molar-refractivity contribution in [1.82, 2.24) is 0 Å². The average molecular weight is 261 g/mol. The van der Waals surface area contributed by atoms with Crippen LogP contribution in [0.15, 0.2) is 46.5 Å². The van der Waals surface area contributed by atoms with Crippen molar-refractivity contribution in [1.29, 1.82) is 0 Å². The molecule has 0 saturated heterocycles. The van der Waals surface area contributed by atoms with Crippen LogP contribution in [0.25, 0.3) is 0 Å². The number of hydrogen-bond acceptors (Lipinski definition) is 3. The van der Waals surface area contributed by atoms with Gasteiger partial charge in [-0.2, -0.15) is 0 Å². The first kappa shape index (κ1) is 13.2. The van der Waals surface area contributed by atoms with Crippen molar-refractivity contribution in [3.8, 4) is 0 Å². The average Bonchev–Trinajstić information content (AvgIpc) is 2.36. The summed E-state index contributed by atoms with van der Waals surface area (Å²) < 4.78 is 0. The van der Waals surface area contributed by atoms with E-state index >= 15 is 0 Å². The van der Waals surface area contributed by atoms with Crippen LogP contribution in [-0.4, -0.2) is 16.2 Å². The Kier molecular flexibility index (Phi) is 4.88. The smallest absolute Gasteiger partial charge is 0.0707 e. The van der Waals surface area contributed by atoms with Gasteiger partial charge in [0.1, 0.15) is 0 Å². The molecule has 1 aromatic rings. The Labute approximate surface area is 113 Å². The minimum absolute atomic E-state index is 0.294. The standard InChI is InChI=1S/C15H19NOS/c1-12-8-10-13(11-9-12)18-15-7-5-3-2-4-6-14(15)16-17/h2-3,8-11,15,17H,4-7H2,1H3. The van der Waals surface area contributed by atoms with Crippen molar-refractivity contribution < 1.29 is 5.21 Å². The first-order valence-corrected chi connectivity index (χ1v) is 7.26. The molecule has 96 valence electrons. The van der Waals surface area contributed by atoms with E-state index in [1.165, 1.54) is 10.5 Å². The molecule has 0 radical (unpaired) electrons. The number of rotatable bonds is 2. The highest BCUT2D eigenvalue weighted by atomic mass is 32.2. The fourth-order valence-electron chi connectivity index (χ4n) is 2.06. The van der Waals surface area contributed by atoms with Gasteiger partial charge < -0.3 is 5.21 Å². The first-order chi connectivity index (χ1) is 8.79. The lowest BCUT2D eigenvalue weighted by molar-refractivity contribution is 0.316. The molecule has 2 nitrogen and oxygen atoms in total. The first-order valence-electron chi connectivity index (χ1n) is 6.39. The van der Waals surface area contributed by atoms with Gasteiger partial charge in [-0.15, -0.1) is 11.8 Å². The van der Waals surface area contributed by atoms with E-state index in [-0.39, 0.29) is 0 Å². The van der Waals surface area contributed by atoms with Crippen LogP contribution in [0.4, 0.5) is 0 Å². The van der Waals surface area contributed by atoms with Crippen LogP contribution in [0.2, 0.25) is 0 Å². The zero-order valence-corrected chi connectivity index (χ0v) is 11.5. The number of oxime groups is 1. The zero-order valence-electron chi connectivity index (χ0n) is 10.7. The predicted octanol–water partition coefficient (Wildman–Crippen LogP) is 4.42. The van der Waals surface area contributed by atoms with Crippen LogP contribution >= 0.6 is 11.8 Å². The Balaban J connectivity index is 2.09. The maximum absolute atomic E-state index is 9.15. The van der Waals surface area contributed by atoms with Gasteiger partial charge >= 0.3 is 0 Å². The van der Waals surface area contributed by atoms with E-state index in [9.17, 15) is 0 Å². The molecule has 1 aromatic carbocycles. The fraction of sp³-hybridized carbons (Fsp3) is 0.400. The monoisotopic (exact) mass is 261 g/mol. The summed E-state index contributed by atoms with van der Waals surface area (Å²) in [7, 11) is 0. The number of thioether (sulfide) groups is 1. The third kappa shape index (κ3) is 3.64. The van der Waals surface area contributed by atoms with E-state index in [0.717, 1.165) is 31.4 Å². The highest BCUT2D eigenvalue weighted by Crippen LogP contribution is 2.30. The lowest BCUT2D eigenvalue weighted by atomic mass is 10.0. The Morgan fingerprint density at radius 2 is 1.89 bits per heavy atom. The molecule has 0 amide bonds. The van der Waals surface area contributed by atoms with E-state index in [0.29, 0.717) is 5.25 Å². The fourth-order valence-corrected chi connectivity index (χ4v) is 3.24. The van der Waals surface area contributed by atoms with Crippen molar-refractivity contribution in [3.63, 3.8) is 0 Å². The molecule has 0 saturated carbocycles. The molecule has 0 bridgehead atoms. The number of hydrogen-bond donors (Lipinski definition) is 1. The summed E-state index contributed by atoms with van der Waals surface area (Å²) in [5.74, 6) is 0. The lowest BCUT2D eigenvalue weighted by Crippen LogP contribution is -2.18. The van der Waals surface area contributed by atoms with Crippen molar-refractivity contribution in [2.45, 2.75) is 42.8 Å². The van der Waals surface area contributed by atoms with E-state index in [1.807, 2.05) is 0 Å². The van der Waals surface area contributed by atoms with E-state index in [1.54, 1.807) is 11.8 Å². The van der Waals surface area contributed by atoms with Gasteiger partial charge in [0.25, 0.3) is 0 Å². The summed E-state index contributed by atoms with van der Waals surface area (Å²) >= 11 is 1.80. The number of allylic oxidation sites excluding steroid dienone is 2. The van der Waals surface area contributed by atoms with Gasteiger partial charge in [-0.25, -0.2) is 0 Å². The van der Waals surface area contributed by atoms with Crippen LogP contribution in [-0.2, 0) is 0 Å². The topological polar surface area (TPSA) is 32.6 Å². The highest BCUT2D eigenvalue weighted by molar-refractivity contribution is 8.00. The van der Waals surface area contributed by atoms with Gasteiger partial charge in [0, 0.05) is 4.90 Å². The van der Waals surface area contributed by atoms with Gasteiger partial charge in [-0.1, -0.05) is 35.0 Å². The summed E-state index contributed by atoms with van der Waals surface area (Å²) in [6, 6.07) is 8.54. The zero-order chi connectivity index (χ0) is 12.8. The molecular formula is C15H19NOS. The van der Waals surface area contributed by atoms with Crippen LogP contribution in [0.3, 0.4) is 0 Å². The van der Waals surface area contributed by atoms with Gasteiger partial charge in [-0.3, -0.25) is 0 Å². The number of benzene rings is 1. The number of nitrogens with zero attached hydrogens (tertiary/aromatic N) is 1. The molecular weight excluding hydrogens is 242 g/mol. The highest BCUT2D eigenvalue weighted by Gasteiger charge is 2.18. The molecule has 1 unspecified atom stereocenters. The normalized spacial score (nSPS) is 22.7. The summed E-state index contributed by atoms with van der Waals surface area (Å²) in [6.45, 7) is 2.09. The molecule has 1 aliphatic carbocycles. The predicted molar refractivity (Wildman–Crippen MR) is 77.7 cm³/mol. The van der Waals surface area contributed by atoms with Crippen LogP contribution < -0.4 is 0 Å². The Hall–Kier alpha value is -1.22. The molecule has 3 heteroatoms. The van der Waals surface area contributed by atoms with Crippen LogP contribution in [0.5, 0.6) is 0 Å². The molecule has 0 aliphatic heterocycles. The second-order valence-electron chi connectivity index (χ2n) is 4.60. The van der Waals surface area contributed by atoms with Crippen molar-refractivity contribution in [2.24, 2.45) is 5.16 Å². The Morgan fingerprint density at radius 3 is 2.61 bits per heavy atom. The minimum atomic E-state index is 0.294. The second-order valence-corrected chi connectivity index (χ2v) is 5.87. The van der Waals surface area contributed by atoms with E-state index in [2.05, 4.69) is 48.5 Å². The molecule has 1 atom stereocenters. The van der Waals surface area contributed by atoms with Gasteiger partial charge in [0.15, 0.2) is 0 Å². The molecule has 0 fully saturated rings. The molecule has 0 aromatic heterocycles. The Bertz CT molecular complexity index is 436. The summed E-state index contributed by atoms with van der Waals surface area (Å²) in [5.41, 5.74) is 2.20. The molecule has 18 heavy (non-hydrogen) atoms. The Morgan fingerprint density at radius 1 is 1.17 bits per heavy atom. The molecule has 2 rings (SSSR count). The summed E-state index contributed by atoms with van der Waals surface area (Å²) in [4.78, 5) is 1.25. The largest absolute Gasteiger partial charge is 0.411 e. The maximum atomic E-state index is 9.15. The molecule has 0 spiro atoms. The van der Waals surface area contributed by atoms with Crippen LogP contribution in [0, 0.1) is 6.92 Å². The second kappa shape index (κ2) is 6.64. The maximum Gasteiger partial charge on any atom is 0.0707 e. The van der Waals surface area contributed by atoms with Gasteiger partial charge in [0.2, 0.25) is 0 Å². The third-order valence-corrected chi connectivity index (χ3v) is 4.47. The summed E-state index contributed by atoms with van der Waals surface area (Å²) in [6.07, 6.45) is 8.34. The SMILES string of the molecule is Cc1ccc(SC2CCC=CCCC2=NO)cc1. The van der Waals surface area contributed by atoms with Crippen molar-refractivity contribution in [2.75, 3.05) is 0 Å². The minimum Gasteiger partial charge on any atom is -0.411 e. The van der Waals surface area contributed by atoms with E-state index in [4.69, 9.17) is 5.21 Å². The number of aryl methyl sites for hydroxylation is 1. The lowest BCUT2D eigenvalue weighted by Gasteiger charge is -2.18. The van der Waals surface area contributed by atoms with Crippen LogP contribution in [0.1, 0.15) is 31.2 Å². The molecule has 1 aliphatic rings. The molecule has 0 heterocycles. The third-order valence-electron chi connectivity index (χ3n) is 3.13.